The summed E-state index contributed by atoms with van der Waals surface area (Å²) in [7, 11) is 0. The highest BCUT2D eigenvalue weighted by molar-refractivity contribution is 5.95. The van der Waals surface area contributed by atoms with E-state index in [2.05, 4.69) is 16.0 Å². The predicted octanol–water partition coefficient (Wildman–Crippen LogP) is 3.30. The molecule has 3 atom stereocenters. The molecule has 5 N–H and O–H groups in total. The van der Waals surface area contributed by atoms with Crippen LogP contribution in [0.4, 0.5) is 0 Å². The van der Waals surface area contributed by atoms with Gasteiger partial charge < -0.3 is 21.7 Å². The van der Waals surface area contributed by atoms with Gasteiger partial charge in [-0.1, -0.05) is 82.5 Å². The fraction of sp³-hybridized carbons (Fsp3) is 0.586. The van der Waals surface area contributed by atoms with E-state index >= 15 is 0 Å². The monoisotopic (exact) mass is 512 g/mol. The SMILES string of the molecule is CC.CC[C@H](NC(=O)CCc1ccccc1)C(=O)NC1(C(=O)NC2C=CCC[C@@H]2C(N)=O)CCCCC1. The van der Waals surface area contributed by atoms with Gasteiger partial charge in [0.15, 0.2) is 0 Å². The molecule has 4 amide bonds. The number of hydrogen-bond acceptors (Lipinski definition) is 4. The van der Waals surface area contributed by atoms with E-state index in [-0.39, 0.29) is 24.1 Å². The first-order valence-electron chi connectivity index (χ1n) is 13.8. The van der Waals surface area contributed by atoms with Gasteiger partial charge in [-0.25, -0.2) is 0 Å². The molecule has 1 fully saturated rings. The van der Waals surface area contributed by atoms with Crippen molar-refractivity contribution in [3.05, 3.63) is 48.0 Å². The lowest BCUT2D eigenvalue weighted by atomic mass is 9.79. The second-order valence-electron chi connectivity index (χ2n) is 9.66. The van der Waals surface area contributed by atoms with Gasteiger partial charge in [0.1, 0.15) is 11.6 Å². The van der Waals surface area contributed by atoms with Gasteiger partial charge in [-0.05, 0) is 44.1 Å². The van der Waals surface area contributed by atoms with E-state index in [9.17, 15) is 19.2 Å². The molecular weight excluding hydrogens is 468 g/mol. The number of rotatable bonds is 10. The second kappa shape index (κ2) is 15.2. The zero-order chi connectivity index (χ0) is 27.3. The van der Waals surface area contributed by atoms with Crippen LogP contribution in [0.2, 0.25) is 0 Å². The maximum absolute atomic E-state index is 13.5. The number of primary amides is 1. The molecule has 8 nitrogen and oxygen atoms in total. The lowest BCUT2D eigenvalue weighted by molar-refractivity contribution is -0.137. The summed E-state index contributed by atoms with van der Waals surface area (Å²) in [5.74, 6) is -1.75. The number of carbonyl (C=O) groups excluding carboxylic acids is 4. The van der Waals surface area contributed by atoms with Crippen LogP contribution in [0.3, 0.4) is 0 Å². The van der Waals surface area contributed by atoms with Gasteiger partial charge in [-0.3, -0.25) is 19.2 Å². The molecule has 0 aromatic heterocycles. The third-order valence-electron chi connectivity index (χ3n) is 7.13. The number of nitrogens with two attached hydrogens (primary N) is 1. The van der Waals surface area contributed by atoms with Crippen molar-refractivity contribution >= 4 is 23.6 Å². The topological polar surface area (TPSA) is 130 Å². The minimum atomic E-state index is -1.06. The number of aryl methyl sites for hydroxylation is 1. The zero-order valence-electron chi connectivity index (χ0n) is 22.6. The van der Waals surface area contributed by atoms with Crippen LogP contribution in [0.15, 0.2) is 42.5 Å². The first-order chi connectivity index (χ1) is 17.8. The van der Waals surface area contributed by atoms with Crippen molar-refractivity contribution in [1.82, 2.24) is 16.0 Å². The Hall–Kier alpha value is -3.16. The Balaban J connectivity index is 0.00000235. The molecule has 1 unspecified atom stereocenters. The number of hydrogen-bond donors (Lipinski definition) is 4. The minimum absolute atomic E-state index is 0.199. The number of allylic oxidation sites excluding steroid dienone is 1. The molecule has 0 saturated heterocycles. The summed E-state index contributed by atoms with van der Waals surface area (Å²) in [6.45, 7) is 5.83. The molecule has 1 aromatic carbocycles. The largest absolute Gasteiger partial charge is 0.369 e. The zero-order valence-corrected chi connectivity index (χ0v) is 22.6. The third-order valence-corrected chi connectivity index (χ3v) is 7.13. The third kappa shape index (κ3) is 8.72. The van der Waals surface area contributed by atoms with Gasteiger partial charge in [0.25, 0.3) is 0 Å². The highest BCUT2D eigenvalue weighted by Crippen LogP contribution is 2.30. The summed E-state index contributed by atoms with van der Waals surface area (Å²) in [4.78, 5) is 51.1. The van der Waals surface area contributed by atoms with Gasteiger partial charge in [0.2, 0.25) is 23.6 Å². The van der Waals surface area contributed by atoms with Crippen LogP contribution in [0.25, 0.3) is 0 Å². The Bertz CT molecular complexity index is 925. The number of amides is 4. The smallest absolute Gasteiger partial charge is 0.246 e. The molecule has 0 spiro atoms. The molecule has 1 aromatic rings. The van der Waals surface area contributed by atoms with E-state index in [0.29, 0.717) is 32.1 Å². The molecular formula is C29H44N4O4. The average Bonchev–Trinajstić information content (AvgIpc) is 2.92. The first-order valence-corrected chi connectivity index (χ1v) is 13.8. The standard InChI is InChI=1S/C27H38N4O4.C2H6/c1-2-21(29-23(32)16-15-19-11-5-3-6-12-19)25(34)31-27(17-9-4-10-18-27)26(35)30-22-14-8-7-13-20(22)24(28)33;1-2/h3,5-6,8,11-12,14,20-22H,2,4,7,9-10,13,15-18H2,1H3,(H2,28,33)(H,29,32)(H,30,35)(H,31,34);1-2H3/t20-,21-,22?;/m0./s1. The lowest BCUT2D eigenvalue weighted by Crippen LogP contribution is -2.64. The van der Waals surface area contributed by atoms with Gasteiger partial charge in [-0.15, -0.1) is 0 Å². The molecule has 2 aliphatic carbocycles. The van der Waals surface area contributed by atoms with Crippen LogP contribution >= 0.6 is 0 Å². The second-order valence-corrected chi connectivity index (χ2v) is 9.66. The Labute approximate surface area is 221 Å². The van der Waals surface area contributed by atoms with Crippen molar-refractivity contribution in [2.75, 3.05) is 0 Å². The van der Waals surface area contributed by atoms with E-state index in [4.69, 9.17) is 5.73 Å². The Morgan fingerprint density at radius 2 is 1.73 bits per heavy atom. The molecule has 3 rings (SSSR count). The summed E-state index contributed by atoms with van der Waals surface area (Å²) in [5.41, 5.74) is 5.55. The molecule has 2 aliphatic rings. The number of benzene rings is 1. The van der Waals surface area contributed by atoms with Crippen LogP contribution in [0.5, 0.6) is 0 Å². The molecule has 0 bridgehead atoms. The molecule has 8 heteroatoms. The van der Waals surface area contributed by atoms with Gasteiger partial charge in [-0.2, -0.15) is 0 Å². The average molecular weight is 513 g/mol. The van der Waals surface area contributed by atoms with Crippen molar-refractivity contribution in [1.29, 1.82) is 0 Å². The number of carbonyl (C=O) groups is 4. The molecule has 37 heavy (non-hydrogen) atoms. The molecule has 0 aliphatic heterocycles. The summed E-state index contributed by atoms with van der Waals surface area (Å²) in [6.07, 6.45) is 10.0. The van der Waals surface area contributed by atoms with Crippen molar-refractivity contribution < 1.29 is 19.2 Å². The van der Waals surface area contributed by atoms with E-state index in [1.165, 1.54) is 0 Å². The van der Waals surface area contributed by atoms with Crippen molar-refractivity contribution in [3.63, 3.8) is 0 Å². The molecule has 1 saturated carbocycles. The van der Waals surface area contributed by atoms with E-state index in [1.807, 2.05) is 63.3 Å². The summed E-state index contributed by atoms with van der Waals surface area (Å²) in [6, 6.07) is 8.51. The Kier molecular flexibility index (Phi) is 12.3. The van der Waals surface area contributed by atoms with E-state index in [1.54, 1.807) is 0 Å². The highest BCUT2D eigenvalue weighted by atomic mass is 16.2. The Morgan fingerprint density at radius 3 is 2.35 bits per heavy atom. The summed E-state index contributed by atoms with van der Waals surface area (Å²) >= 11 is 0. The maximum atomic E-state index is 13.5. The predicted molar refractivity (Wildman–Crippen MR) is 145 cm³/mol. The summed E-state index contributed by atoms with van der Waals surface area (Å²) in [5, 5.41) is 8.79. The fourth-order valence-corrected chi connectivity index (χ4v) is 5.00. The van der Waals surface area contributed by atoms with Crippen LogP contribution < -0.4 is 21.7 Å². The van der Waals surface area contributed by atoms with Gasteiger partial charge in [0, 0.05) is 6.42 Å². The fourth-order valence-electron chi connectivity index (χ4n) is 5.00. The van der Waals surface area contributed by atoms with Crippen molar-refractivity contribution in [2.24, 2.45) is 11.7 Å². The van der Waals surface area contributed by atoms with Crippen LogP contribution in [0, 0.1) is 5.92 Å². The first kappa shape index (κ1) is 30.1. The van der Waals surface area contributed by atoms with Gasteiger partial charge >= 0.3 is 0 Å². The number of nitrogens with one attached hydrogen (secondary N) is 3. The highest BCUT2D eigenvalue weighted by Gasteiger charge is 2.43. The van der Waals surface area contributed by atoms with Gasteiger partial charge in [0.05, 0.1) is 12.0 Å². The van der Waals surface area contributed by atoms with Crippen molar-refractivity contribution in [3.8, 4) is 0 Å². The lowest BCUT2D eigenvalue weighted by Gasteiger charge is -2.39. The molecule has 0 heterocycles. The minimum Gasteiger partial charge on any atom is -0.369 e. The molecule has 0 radical (unpaired) electrons. The van der Waals surface area contributed by atoms with Crippen LogP contribution in [-0.4, -0.2) is 41.3 Å². The Morgan fingerprint density at radius 1 is 1.05 bits per heavy atom. The quantitative estimate of drug-likeness (QED) is 0.358. The summed E-state index contributed by atoms with van der Waals surface area (Å²) < 4.78 is 0. The van der Waals surface area contributed by atoms with Crippen LogP contribution in [0.1, 0.15) is 84.1 Å². The van der Waals surface area contributed by atoms with Crippen molar-refractivity contribution in [2.45, 2.75) is 103 Å². The normalized spacial score (nSPS) is 20.9. The maximum Gasteiger partial charge on any atom is 0.246 e. The van der Waals surface area contributed by atoms with E-state index in [0.717, 1.165) is 31.2 Å². The van der Waals surface area contributed by atoms with Crippen LogP contribution in [-0.2, 0) is 25.6 Å². The molecule has 204 valence electrons. The van der Waals surface area contributed by atoms with E-state index < -0.39 is 29.4 Å².